The van der Waals surface area contributed by atoms with Crippen LogP contribution in [-0.4, -0.2) is 58.2 Å². The Kier molecular flexibility index (Phi) is 9.10. The first-order valence-electron chi connectivity index (χ1n) is 8.01. The van der Waals surface area contributed by atoms with Crippen molar-refractivity contribution in [2.75, 3.05) is 39.5 Å². The summed E-state index contributed by atoms with van der Waals surface area (Å²) in [5.74, 6) is 0.714. The molecule has 2 N–H and O–H groups in total. The second kappa shape index (κ2) is 10.5. The number of guanidine groups is 1. The topological polar surface area (TPSA) is 73.8 Å². The van der Waals surface area contributed by atoms with Gasteiger partial charge in [0.15, 0.2) is 5.96 Å². The zero-order chi connectivity index (χ0) is 18.0. The van der Waals surface area contributed by atoms with E-state index in [4.69, 9.17) is 11.6 Å². The molecule has 0 unspecified atom stereocenters. The third kappa shape index (κ3) is 7.99. The van der Waals surface area contributed by atoms with Gasteiger partial charge in [0.25, 0.3) is 0 Å². The van der Waals surface area contributed by atoms with Gasteiger partial charge in [-0.1, -0.05) is 30.7 Å². The predicted octanol–water partition coefficient (Wildman–Crippen LogP) is 1.72. The van der Waals surface area contributed by atoms with E-state index in [2.05, 4.69) is 15.6 Å². The van der Waals surface area contributed by atoms with Crippen LogP contribution in [0.3, 0.4) is 0 Å². The SMILES string of the molecule is CCN(CCCNC(=NC)NCCc1ccc(Cl)cc1)S(C)(=O)=O. The molecule has 0 aliphatic heterocycles. The number of hydrogen-bond acceptors (Lipinski definition) is 3. The number of aliphatic imine (C=N–C) groups is 1. The van der Waals surface area contributed by atoms with E-state index in [1.807, 2.05) is 31.2 Å². The number of rotatable bonds is 9. The molecule has 0 aliphatic rings. The van der Waals surface area contributed by atoms with Crippen molar-refractivity contribution in [3.63, 3.8) is 0 Å². The molecule has 0 saturated carbocycles. The second-order valence-corrected chi connectivity index (χ2v) is 7.83. The molecule has 0 heterocycles. The normalized spacial score (nSPS) is 12.5. The van der Waals surface area contributed by atoms with E-state index in [1.54, 1.807) is 7.05 Å². The predicted molar refractivity (Wildman–Crippen MR) is 101 cm³/mol. The van der Waals surface area contributed by atoms with Crippen LogP contribution >= 0.6 is 11.6 Å². The second-order valence-electron chi connectivity index (χ2n) is 5.41. The summed E-state index contributed by atoms with van der Waals surface area (Å²) in [5, 5.41) is 7.17. The Morgan fingerprint density at radius 3 is 2.38 bits per heavy atom. The van der Waals surface area contributed by atoms with Crippen LogP contribution in [0, 0.1) is 0 Å². The van der Waals surface area contributed by atoms with Crippen LogP contribution in [0.15, 0.2) is 29.3 Å². The van der Waals surface area contributed by atoms with Gasteiger partial charge >= 0.3 is 0 Å². The first-order chi connectivity index (χ1) is 11.4. The average molecular weight is 375 g/mol. The minimum absolute atomic E-state index is 0.493. The summed E-state index contributed by atoms with van der Waals surface area (Å²) >= 11 is 5.86. The molecular formula is C16H27ClN4O2S. The van der Waals surface area contributed by atoms with Gasteiger partial charge < -0.3 is 10.6 Å². The highest BCUT2D eigenvalue weighted by Crippen LogP contribution is 2.09. The molecule has 0 radical (unpaired) electrons. The maximum Gasteiger partial charge on any atom is 0.211 e. The van der Waals surface area contributed by atoms with Crippen molar-refractivity contribution in [3.8, 4) is 0 Å². The summed E-state index contributed by atoms with van der Waals surface area (Å²) in [6.45, 7) is 4.25. The number of nitrogens with one attached hydrogen (secondary N) is 2. The molecule has 0 spiro atoms. The zero-order valence-corrected chi connectivity index (χ0v) is 16.1. The van der Waals surface area contributed by atoms with E-state index in [0.717, 1.165) is 24.4 Å². The lowest BCUT2D eigenvalue weighted by Crippen LogP contribution is -2.40. The molecule has 136 valence electrons. The first kappa shape index (κ1) is 20.7. The molecule has 0 amide bonds. The summed E-state index contributed by atoms with van der Waals surface area (Å²) in [6.07, 6.45) is 2.83. The van der Waals surface area contributed by atoms with Crippen molar-refractivity contribution in [1.82, 2.24) is 14.9 Å². The fourth-order valence-electron chi connectivity index (χ4n) is 2.22. The van der Waals surface area contributed by atoms with Crippen LogP contribution in [-0.2, 0) is 16.4 Å². The molecule has 0 aliphatic carbocycles. The molecule has 1 aromatic rings. The fraction of sp³-hybridized carbons (Fsp3) is 0.562. The number of benzene rings is 1. The van der Waals surface area contributed by atoms with Gasteiger partial charge in [0.1, 0.15) is 0 Å². The summed E-state index contributed by atoms with van der Waals surface area (Å²) in [4.78, 5) is 4.16. The highest BCUT2D eigenvalue weighted by atomic mass is 35.5. The van der Waals surface area contributed by atoms with Gasteiger partial charge in [0, 0.05) is 38.2 Å². The van der Waals surface area contributed by atoms with Crippen molar-refractivity contribution in [1.29, 1.82) is 0 Å². The Labute approximate surface area is 150 Å². The first-order valence-corrected chi connectivity index (χ1v) is 10.2. The Hall–Kier alpha value is -1.31. The van der Waals surface area contributed by atoms with Crippen molar-refractivity contribution >= 4 is 27.6 Å². The van der Waals surface area contributed by atoms with Gasteiger partial charge in [0.2, 0.25) is 10.0 Å². The molecule has 8 heteroatoms. The van der Waals surface area contributed by atoms with E-state index in [0.29, 0.717) is 25.6 Å². The average Bonchev–Trinajstić information content (AvgIpc) is 2.53. The van der Waals surface area contributed by atoms with Crippen molar-refractivity contribution in [2.45, 2.75) is 19.8 Å². The molecule has 0 atom stereocenters. The Morgan fingerprint density at radius 2 is 1.83 bits per heavy atom. The van der Waals surface area contributed by atoms with Crippen LogP contribution in [0.2, 0.25) is 5.02 Å². The maximum atomic E-state index is 11.5. The summed E-state index contributed by atoms with van der Waals surface area (Å²) < 4.78 is 24.5. The molecule has 0 fully saturated rings. The molecule has 6 nitrogen and oxygen atoms in total. The van der Waals surface area contributed by atoms with Crippen molar-refractivity contribution in [2.24, 2.45) is 4.99 Å². The molecule has 0 bridgehead atoms. The van der Waals surface area contributed by atoms with E-state index in [9.17, 15) is 8.42 Å². The molecule has 0 aromatic heterocycles. The number of sulfonamides is 1. The van der Waals surface area contributed by atoms with Crippen LogP contribution < -0.4 is 10.6 Å². The fourth-order valence-corrected chi connectivity index (χ4v) is 3.27. The van der Waals surface area contributed by atoms with E-state index < -0.39 is 10.0 Å². The Bertz CT molecular complexity index is 617. The quantitative estimate of drug-likeness (QED) is 0.392. The summed E-state index contributed by atoms with van der Waals surface area (Å²) in [5.41, 5.74) is 1.20. The standard InChI is InChI=1S/C16H27ClN4O2S/c1-4-21(24(3,22)23)13-5-11-19-16(18-2)20-12-10-14-6-8-15(17)9-7-14/h6-9H,4-5,10-13H2,1-3H3,(H2,18,19,20). The molecule has 0 saturated heterocycles. The third-order valence-electron chi connectivity index (χ3n) is 3.54. The number of nitrogens with zero attached hydrogens (tertiary/aromatic N) is 2. The largest absolute Gasteiger partial charge is 0.356 e. The van der Waals surface area contributed by atoms with E-state index in [1.165, 1.54) is 16.1 Å². The number of halogens is 1. The lowest BCUT2D eigenvalue weighted by Gasteiger charge is -2.18. The van der Waals surface area contributed by atoms with Gasteiger partial charge in [-0.25, -0.2) is 12.7 Å². The van der Waals surface area contributed by atoms with Crippen LogP contribution in [0.1, 0.15) is 18.9 Å². The van der Waals surface area contributed by atoms with Gasteiger partial charge in [-0.05, 0) is 30.5 Å². The van der Waals surface area contributed by atoms with E-state index >= 15 is 0 Å². The van der Waals surface area contributed by atoms with E-state index in [-0.39, 0.29) is 0 Å². The lowest BCUT2D eigenvalue weighted by molar-refractivity contribution is 0.424. The van der Waals surface area contributed by atoms with Crippen molar-refractivity contribution in [3.05, 3.63) is 34.9 Å². The smallest absolute Gasteiger partial charge is 0.211 e. The van der Waals surface area contributed by atoms with Crippen LogP contribution in [0.5, 0.6) is 0 Å². The van der Waals surface area contributed by atoms with Gasteiger partial charge in [-0.2, -0.15) is 0 Å². The summed E-state index contributed by atoms with van der Waals surface area (Å²) in [7, 11) is -1.40. The Morgan fingerprint density at radius 1 is 1.21 bits per heavy atom. The minimum Gasteiger partial charge on any atom is -0.356 e. The monoisotopic (exact) mass is 374 g/mol. The highest BCUT2D eigenvalue weighted by Gasteiger charge is 2.13. The minimum atomic E-state index is -3.12. The van der Waals surface area contributed by atoms with Gasteiger partial charge in [-0.3, -0.25) is 4.99 Å². The molecule has 1 aromatic carbocycles. The van der Waals surface area contributed by atoms with Crippen LogP contribution in [0.25, 0.3) is 0 Å². The molecule has 1 rings (SSSR count). The van der Waals surface area contributed by atoms with Gasteiger partial charge in [-0.15, -0.1) is 0 Å². The Balaban J connectivity index is 2.26. The third-order valence-corrected chi connectivity index (χ3v) is 5.17. The molecule has 24 heavy (non-hydrogen) atoms. The van der Waals surface area contributed by atoms with Crippen LogP contribution in [0.4, 0.5) is 0 Å². The molecular weight excluding hydrogens is 348 g/mol. The number of hydrogen-bond donors (Lipinski definition) is 2. The van der Waals surface area contributed by atoms with Gasteiger partial charge in [0.05, 0.1) is 6.26 Å². The summed E-state index contributed by atoms with van der Waals surface area (Å²) in [6, 6.07) is 7.77. The highest BCUT2D eigenvalue weighted by molar-refractivity contribution is 7.88. The zero-order valence-electron chi connectivity index (χ0n) is 14.5. The lowest BCUT2D eigenvalue weighted by atomic mass is 10.1. The maximum absolute atomic E-state index is 11.5. The van der Waals surface area contributed by atoms with Crippen molar-refractivity contribution < 1.29 is 8.42 Å².